The molecule has 106 valence electrons. The van der Waals surface area contributed by atoms with Crippen LogP contribution in [0.2, 0.25) is 0 Å². The van der Waals surface area contributed by atoms with Crippen LogP contribution >= 0.6 is 0 Å². The van der Waals surface area contributed by atoms with E-state index in [1.165, 1.54) is 26.4 Å². The Kier molecular flexibility index (Phi) is 3.60. The zero-order chi connectivity index (χ0) is 14.9. The highest BCUT2D eigenvalue weighted by Gasteiger charge is 2.19. The molecular formula is C12H14N4O3S. The molecule has 0 radical (unpaired) electrons. The van der Waals surface area contributed by atoms with Gasteiger partial charge in [0.25, 0.3) is 0 Å². The number of rotatable bonds is 4. The Bertz CT molecular complexity index is 750. The number of benzene rings is 1. The topological polar surface area (TPSA) is 98.3 Å². The van der Waals surface area contributed by atoms with Crippen molar-refractivity contribution in [3.8, 4) is 0 Å². The summed E-state index contributed by atoms with van der Waals surface area (Å²) in [7, 11) is -0.874. The fourth-order valence-corrected chi connectivity index (χ4v) is 2.34. The lowest BCUT2D eigenvalue weighted by Gasteiger charge is -2.10. The first-order chi connectivity index (χ1) is 9.32. The third-order valence-corrected chi connectivity index (χ3v) is 4.32. The molecule has 2 N–H and O–H groups in total. The Morgan fingerprint density at radius 1 is 1.35 bits per heavy atom. The van der Waals surface area contributed by atoms with Crippen molar-refractivity contribution in [1.29, 1.82) is 0 Å². The number of carbonyl (C=O) groups is 1. The molecule has 2 rings (SSSR count). The van der Waals surface area contributed by atoms with Gasteiger partial charge in [-0.2, -0.15) is 12.7 Å². The number of nitrogen functional groups attached to an aromatic ring is 1. The maximum Gasteiger partial charge on any atom is 0.308 e. The molecule has 2 aromatic rings. The van der Waals surface area contributed by atoms with Crippen LogP contribution in [0.5, 0.6) is 0 Å². The summed E-state index contributed by atoms with van der Waals surface area (Å²) in [6.07, 6.45) is 2.27. The maximum atomic E-state index is 12.2. The predicted molar refractivity (Wildman–Crippen MR) is 74.5 cm³/mol. The van der Waals surface area contributed by atoms with Crippen LogP contribution in [0.1, 0.15) is 16.1 Å². The van der Waals surface area contributed by atoms with Crippen molar-refractivity contribution in [2.24, 2.45) is 0 Å². The van der Waals surface area contributed by atoms with Crippen LogP contribution in [-0.4, -0.2) is 41.6 Å². The van der Waals surface area contributed by atoms with Gasteiger partial charge in [0, 0.05) is 25.3 Å². The number of nitrogens with two attached hydrogens (primary N) is 1. The average Bonchev–Trinajstić information content (AvgIpc) is 2.87. The molecule has 0 fully saturated rings. The molecule has 0 aliphatic heterocycles. The van der Waals surface area contributed by atoms with Gasteiger partial charge >= 0.3 is 10.2 Å². The SMILES string of the molecule is CN(C)S(=O)(=O)n1cnc(C(=O)c2cccc(N)c2)c1. The van der Waals surface area contributed by atoms with E-state index in [0.29, 0.717) is 11.3 Å². The smallest absolute Gasteiger partial charge is 0.308 e. The lowest BCUT2D eigenvalue weighted by molar-refractivity contribution is 0.103. The lowest BCUT2D eigenvalue weighted by Crippen LogP contribution is -2.27. The van der Waals surface area contributed by atoms with E-state index in [1.54, 1.807) is 18.2 Å². The molecule has 8 heteroatoms. The number of aromatic nitrogens is 2. The fourth-order valence-electron chi connectivity index (χ4n) is 1.57. The van der Waals surface area contributed by atoms with Crippen molar-refractivity contribution in [3.05, 3.63) is 48.0 Å². The predicted octanol–water partition coefficient (Wildman–Crippen LogP) is 0.351. The number of anilines is 1. The Morgan fingerprint density at radius 3 is 2.65 bits per heavy atom. The largest absolute Gasteiger partial charge is 0.399 e. The molecule has 1 aromatic heterocycles. The molecule has 1 heterocycles. The van der Waals surface area contributed by atoms with Gasteiger partial charge in [0.05, 0.1) is 6.20 Å². The third kappa shape index (κ3) is 2.56. The standard InChI is InChI=1S/C12H14N4O3S/c1-15(2)20(18,19)16-7-11(14-8-16)12(17)9-4-3-5-10(13)6-9/h3-8H,13H2,1-2H3. The zero-order valence-electron chi connectivity index (χ0n) is 11.0. The highest BCUT2D eigenvalue weighted by molar-refractivity contribution is 7.87. The van der Waals surface area contributed by atoms with E-state index >= 15 is 0 Å². The van der Waals surface area contributed by atoms with Gasteiger partial charge in [-0.1, -0.05) is 12.1 Å². The first-order valence-electron chi connectivity index (χ1n) is 5.69. The van der Waals surface area contributed by atoms with Gasteiger partial charge in [-0.25, -0.2) is 8.96 Å². The van der Waals surface area contributed by atoms with Crippen molar-refractivity contribution in [3.63, 3.8) is 0 Å². The minimum absolute atomic E-state index is 0.0426. The molecule has 0 unspecified atom stereocenters. The highest BCUT2D eigenvalue weighted by Crippen LogP contribution is 2.12. The van der Waals surface area contributed by atoms with Gasteiger partial charge in [-0.15, -0.1) is 0 Å². The van der Waals surface area contributed by atoms with E-state index in [4.69, 9.17) is 5.73 Å². The molecule has 0 amide bonds. The van der Waals surface area contributed by atoms with E-state index < -0.39 is 10.2 Å². The van der Waals surface area contributed by atoms with Gasteiger partial charge < -0.3 is 5.73 Å². The van der Waals surface area contributed by atoms with Crippen LogP contribution in [0.25, 0.3) is 0 Å². The maximum absolute atomic E-state index is 12.2. The Labute approximate surface area is 116 Å². The van der Waals surface area contributed by atoms with Crippen molar-refractivity contribution in [2.45, 2.75) is 0 Å². The first-order valence-corrected chi connectivity index (χ1v) is 7.09. The van der Waals surface area contributed by atoms with Crippen LogP contribution in [0.3, 0.4) is 0 Å². The summed E-state index contributed by atoms with van der Waals surface area (Å²) in [6, 6.07) is 6.42. The minimum Gasteiger partial charge on any atom is -0.399 e. The molecule has 0 atom stereocenters. The van der Waals surface area contributed by atoms with Crippen molar-refractivity contribution in [1.82, 2.24) is 13.3 Å². The van der Waals surface area contributed by atoms with E-state index in [0.717, 1.165) is 14.6 Å². The molecule has 20 heavy (non-hydrogen) atoms. The third-order valence-electron chi connectivity index (χ3n) is 2.67. The van der Waals surface area contributed by atoms with E-state index in [9.17, 15) is 13.2 Å². The Morgan fingerprint density at radius 2 is 2.05 bits per heavy atom. The number of carbonyl (C=O) groups excluding carboxylic acids is 1. The normalized spacial score (nSPS) is 11.8. The molecule has 0 saturated carbocycles. The second kappa shape index (κ2) is 5.06. The van der Waals surface area contributed by atoms with Gasteiger partial charge in [0.2, 0.25) is 5.78 Å². The van der Waals surface area contributed by atoms with Gasteiger partial charge in [0.1, 0.15) is 12.0 Å². The van der Waals surface area contributed by atoms with Crippen molar-refractivity contribution in [2.75, 3.05) is 19.8 Å². The van der Waals surface area contributed by atoms with Gasteiger partial charge in [-0.3, -0.25) is 4.79 Å². The summed E-state index contributed by atoms with van der Waals surface area (Å²) in [5.74, 6) is -0.384. The minimum atomic E-state index is -3.67. The summed E-state index contributed by atoms with van der Waals surface area (Å²) in [6.45, 7) is 0. The molecule has 0 aliphatic carbocycles. The van der Waals surface area contributed by atoms with Crippen molar-refractivity contribution >= 4 is 21.7 Å². The van der Waals surface area contributed by atoms with Crippen LogP contribution in [-0.2, 0) is 10.2 Å². The molecule has 0 aliphatic rings. The summed E-state index contributed by atoms with van der Waals surface area (Å²) in [5.41, 5.74) is 6.46. The number of ketones is 1. The number of hydrogen-bond acceptors (Lipinski definition) is 5. The van der Waals surface area contributed by atoms with E-state index in [1.807, 2.05) is 0 Å². The summed E-state index contributed by atoms with van der Waals surface area (Å²) < 4.78 is 25.7. The second-order valence-corrected chi connectivity index (χ2v) is 6.38. The molecule has 0 bridgehead atoms. The Balaban J connectivity index is 2.37. The summed E-state index contributed by atoms with van der Waals surface area (Å²) >= 11 is 0. The molecule has 0 saturated heterocycles. The summed E-state index contributed by atoms with van der Waals surface area (Å²) in [5, 5.41) is 0. The highest BCUT2D eigenvalue weighted by atomic mass is 32.2. The van der Waals surface area contributed by atoms with E-state index in [-0.39, 0.29) is 11.5 Å². The molecule has 0 spiro atoms. The molecule has 1 aromatic carbocycles. The monoisotopic (exact) mass is 294 g/mol. The fraction of sp³-hybridized carbons (Fsp3) is 0.167. The van der Waals surface area contributed by atoms with Crippen molar-refractivity contribution < 1.29 is 13.2 Å². The van der Waals surface area contributed by atoms with E-state index in [2.05, 4.69) is 4.98 Å². The van der Waals surface area contributed by atoms with Crippen LogP contribution in [0.15, 0.2) is 36.8 Å². The van der Waals surface area contributed by atoms with Crippen LogP contribution in [0.4, 0.5) is 5.69 Å². The first kappa shape index (κ1) is 14.2. The number of nitrogens with zero attached hydrogens (tertiary/aromatic N) is 3. The van der Waals surface area contributed by atoms with Gasteiger partial charge in [0.15, 0.2) is 0 Å². The molecule has 7 nitrogen and oxygen atoms in total. The number of hydrogen-bond donors (Lipinski definition) is 1. The number of imidazole rings is 1. The average molecular weight is 294 g/mol. The van der Waals surface area contributed by atoms with Gasteiger partial charge in [-0.05, 0) is 12.1 Å². The lowest BCUT2D eigenvalue weighted by atomic mass is 10.1. The quantitative estimate of drug-likeness (QED) is 0.648. The Hall–Kier alpha value is -2.19. The zero-order valence-corrected chi connectivity index (χ0v) is 11.8. The summed E-state index contributed by atoms with van der Waals surface area (Å²) in [4.78, 5) is 16.0. The van der Waals surface area contributed by atoms with Crippen LogP contribution < -0.4 is 5.73 Å². The second-order valence-electron chi connectivity index (χ2n) is 4.33. The molecular weight excluding hydrogens is 280 g/mol. The van der Waals surface area contributed by atoms with Crippen LogP contribution in [0, 0.1) is 0 Å².